The third kappa shape index (κ3) is 3.73. The van der Waals surface area contributed by atoms with E-state index in [9.17, 15) is 8.42 Å². The Hall–Kier alpha value is -2.00. The lowest BCUT2D eigenvalue weighted by atomic mass is 10.0. The van der Waals surface area contributed by atoms with Crippen LogP contribution in [0.5, 0.6) is 0 Å². The van der Waals surface area contributed by atoms with Crippen LogP contribution in [-0.2, 0) is 23.0 Å². The Morgan fingerprint density at radius 2 is 1.90 bits per heavy atom. The van der Waals surface area contributed by atoms with E-state index in [1.54, 1.807) is 22.1 Å². The summed E-state index contributed by atoms with van der Waals surface area (Å²) in [5.74, 6) is 1.58. The van der Waals surface area contributed by atoms with E-state index in [0.717, 1.165) is 56.6 Å². The first-order valence-corrected chi connectivity index (χ1v) is 12.4. The predicted octanol–water partition coefficient (Wildman–Crippen LogP) is 3.00. The summed E-state index contributed by atoms with van der Waals surface area (Å²) in [6, 6.07) is -0.336. The molecular formula is C21H32N6O2S. The van der Waals surface area contributed by atoms with E-state index >= 15 is 0 Å². The van der Waals surface area contributed by atoms with Crippen LogP contribution in [0.15, 0.2) is 11.1 Å². The number of nitrogens with zero attached hydrogens (tertiary/aromatic N) is 6. The van der Waals surface area contributed by atoms with Gasteiger partial charge in [-0.1, -0.05) is 13.3 Å². The largest absolute Gasteiger partial charge is 0.359 e. The number of aryl methyl sites for hydroxylation is 3. The van der Waals surface area contributed by atoms with Crippen LogP contribution in [0, 0.1) is 13.8 Å². The summed E-state index contributed by atoms with van der Waals surface area (Å²) in [4.78, 5) is 12.1. The van der Waals surface area contributed by atoms with Gasteiger partial charge in [0.15, 0.2) is 0 Å². The van der Waals surface area contributed by atoms with E-state index in [0.29, 0.717) is 29.5 Å². The fourth-order valence-electron chi connectivity index (χ4n) is 4.63. The first-order valence-electron chi connectivity index (χ1n) is 11.0. The van der Waals surface area contributed by atoms with Gasteiger partial charge in [-0.15, -0.1) is 0 Å². The van der Waals surface area contributed by atoms with Gasteiger partial charge in [0.05, 0.1) is 11.7 Å². The van der Waals surface area contributed by atoms with Gasteiger partial charge in [0.1, 0.15) is 16.5 Å². The molecule has 4 rings (SSSR count). The summed E-state index contributed by atoms with van der Waals surface area (Å²) in [5.41, 5.74) is 2.71. The van der Waals surface area contributed by atoms with Crippen molar-refractivity contribution in [3.63, 3.8) is 0 Å². The molecule has 1 atom stereocenters. The third-order valence-corrected chi connectivity index (χ3v) is 8.19. The van der Waals surface area contributed by atoms with Gasteiger partial charge in [-0.3, -0.25) is 4.68 Å². The molecule has 2 aromatic rings. The second-order valence-electron chi connectivity index (χ2n) is 8.46. The van der Waals surface area contributed by atoms with E-state index in [2.05, 4.69) is 24.0 Å². The molecule has 4 heterocycles. The molecule has 0 radical (unpaired) electrons. The van der Waals surface area contributed by atoms with Gasteiger partial charge < -0.3 is 4.90 Å². The van der Waals surface area contributed by atoms with Crippen molar-refractivity contribution < 1.29 is 8.42 Å². The number of hydrogen-bond acceptors (Lipinski definition) is 6. The monoisotopic (exact) mass is 432 g/mol. The Kier molecular flexibility index (Phi) is 5.85. The van der Waals surface area contributed by atoms with Crippen molar-refractivity contribution in [2.75, 3.05) is 25.0 Å². The Labute approximate surface area is 179 Å². The number of piperidine rings is 1. The maximum atomic E-state index is 13.7. The average Bonchev–Trinajstić information content (AvgIpc) is 3.10. The van der Waals surface area contributed by atoms with E-state index < -0.39 is 10.0 Å². The highest BCUT2D eigenvalue weighted by atomic mass is 32.2. The van der Waals surface area contributed by atoms with Crippen molar-refractivity contribution in [2.24, 2.45) is 0 Å². The minimum absolute atomic E-state index is 0.301. The van der Waals surface area contributed by atoms with Gasteiger partial charge in [0.25, 0.3) is 0 Å². The third-order valence-electron chi connectivity index (χ3n) is 6.18. The Balaban J connectivity index is 1.74. The molecule has 0 saturated carbocycles. The molecule has 1 fully saturated rings. The van der Waals surface area contributed by atoms with Crippen LogP contribution in [-0.4, -0.2) is 52.6 Å². The van der Waals surface area contributed by atoms with E-state index in [4.69, 9.17) is 9.97 Å². The van der Waals surface area contributed by atoms with Crippen molar-refractivity contribution in [1.29, 1.82) is 0 Å². The predicted molar refractivity (Wildman–Crippen MR) is 116 cm³/mol. The van der Waals surface area contributed by atoms with Gasteiger partial charge in [-0.05, 0) is 46.0 Å². The molecule has 8 nitrogen and oxygen atoms in total. The first kappa shape index (κ1) is 21.2. The van der Waals surface area contributed by atoms with Crippen molar-refractivity contribution in [1.82, 2.24) is 24.1 Å². The van der Waals surface area contributed by atoms with Gasteiger partial charge in [0, 0.05) is 44.1 Å². The Morgan fingerprint density at radius 1 is 1.10 bits per heavy atom. The smallest absolute Gasteiger partial charge is 0.247 e. The van der Waals surface area contributed by atoms with Crippen LogP contribution >= 0.6 is 0 Å². The molecule has 2 aromatic heterocycles. The highest BCUT2D eigenvalue weighted by Crippen LogP contribution is 2.36. The molecule has 9 heteroatoms. The molecule has 0 aliphatic carbocycles. The zero-order valence-electron chi connectivity index (χ0n) is 18.4. The van der Waals surface area contributed by atoms with Gasteiger partial charge in [0.2, 0.25) is 10.0 Å². The zero-order chi connectivity index (χ0) is 21.5. The summed E-state index contributed by atoms with van der Waals surface area (Å²) in [6.07, 6.45) is 7.21. The van der Waals surface area contributed by atoms with Crippen molar-refractivity contribution in [3.05, 3.63) is 29.0 Å². The summed E-state index contributed by atoms with van der Waals surface area (Å²) < 4.78 is 30.7. The lowest BCUT2D eigenvalue weighted by Crippen LogP contribution is -2.40. The van der Waals surface area contributed by atoms with Gasteiger partial charge in [-0.2, -0.15) is 9.40 Å². The maximum absolute atomic E-state index is 13.7. The number of rotatable bonds is 5. The van der Waals surface area contributed by atoms with Crippen LogP contribution < -0.4 is 4.90 Å². The van der Waals surface area contributed by atoms with Crippen molar-refractivity contribution >= 4 is 15.8 Å². The molecule has 0 amide bonds. The van der Waals surface area contributed by atoms with Crippen molar-refractivity contribution in [3.8, 4) is 0 Å². The average molecular weight is 433 g/mol. The number of aromatic nitrogens is 4. The molecule has 0 unspecified atom stereocenters. The van der Waals surface area contributed by atoms with Crippen LogP contribution in [0.2, 0.25) is 0 Å². The lowest BCUT2D eigenvalue weighted by Gasteiger charge is -2.35. The molecule has 30 heavy (non-hydrogen) atoms. The van der Waals surface area contributed by atoms with Gasteiger partial charge >= 0.3 is 0 Å². The number of sulfonamides is 1. The summed E-state index contributed by atoms with van der Waals surface area (Å²) in [5, 5.41) is 4.41. The SMILES string of the molecule is CCCn1cc(S(=O)(=O)N2CCCC[C@H]2c2nc(C)c3c(n2)N(C)CCC3)c(C)n1. The Bertz CT molecular complexity index is 1030. The summed E-state index contributed by atoms with van der Waals surface area (Å²) in [7, 11) is -1.63. The van der Waals surface area contributed by atoms with Gasteiger partial charge in [-0.25, -0.2) is 18.4 Å². The molecule has 0 spiro atoms. The molecule has 1 saturated heterocycles. The topological polar surface area (TPSA) is 84.2 Å². The molecule has 2 aliphatic heterocycles. The quantitative estimate of drug-likeness (QED) is 0.722. The molecule has 2 aliphatic rings. The van der Waals surface area contributed by atoms with E-state index in [1.165, 1.54) is 5.56 Å². The standard InChI is InChI=1S/C21H32N6O2S/c1-5-11-26-14-19(16(3)24-26)30(28,29)27-13-7-6-10-18(27)20-22-15(2)17-9-8-12-25(4)21(17)23-20/h14,18H,5-13H2,1-4H3/t18-/m0/s1. The zero-order valence-corrected chi connectivity index (χ0v) is 19.2. The maximum Gasteiger partial charge on any atom is 0.247 e. The molecule has 0 aromatic carbocycles. The van der Waals surface area contributed by atoms with Crippen LogP contribution in [0.1, 0.15) is 67.8 Å². The van der Waals surface area contributed by atoms with Crippen molar-refractivity contribution in [2.45, 2.75) is 76.8 Å². The summed E-state index contributed by atoms with van der Waals surface area (Å²) in [6.45, 7) is 8.00. The fraction of sp³-hybridized carbons (Fsp3) is 0.667. The minimum Gasteiger partial charge on any atom is -0.359 e. The highest BCUT2D eigenvalue weighted by molar-refractivity contribution is 7.89. The normalized spacial score (nSPS) is 20.4. The number of anilines is 1. The molecule has 0 bridgehead atoms. The molecule has 0 N–H and O–H groups in total. The second-order valence-corrected chi connectivity index (χ2v) is 10.3. The highest BCUT2D eigenvalue weighted by Gasteiger charge is 2.38. The Morgan fingerprint density at radius 3 is 2.67 bits per heavy atom. The fourth-order valence-corrected chi connectivity index (χ4v) is 6.46. The van der Waals surface area contributed by atoms with E-state index in [-0.39, 0.29) is 6.04 Å². The van der Waals surface area contributed by atoms with Crippen LogP contribution in [0.4, 0.5) is 5.82 Å². The van der Waals surface area contributed by atoms with Crippen LogP contribution in [0.25, 0.3) is 0 Å². The second kappa shape index (κ2) is 8.26. The lowest BCUT2D eigenvalue weighted by molar-refractivity contribution is 0.246. The number of hydrogen-bond donors (Lipinski definition) is 0. The van der Waals surface area contributed by atoms with E-state index in [1.807, 2.05) is 6.92 Å². The van der Waals surface area contributed by atoms with Crippen LogP contribution in [0.3, 0.4) is 0 Å². The molecular weight excluding hydrogens is 400 g/mol. The first-order chi connectivity index (χ1) is 14.3. The summed E-state index contributed by atoms with van der Waals surface area (Å²) >= 11 is 0. The molecule has 164 valence electrons. The minimum atomic E-state index is -3.68. The number of fused-ring (bicyclic) bond motifs is 1.